The van der Waals surface area contributed by atoms with Crippen LogP contribution in [0.25, 0.3) is 0 Å². The molecule has 0 heterocycles. The summed E-state index contributed by atoms with van der Waals surface area (Å²) < 4.78 is 16.8. The lowest BCUT2D eigenvalue weighted by Gasteiger charge is -2.18. The summed E-state index contributed by atoms with van der Waals surface area (Å²) in [6, 6.07) is 0. The van der Waals surface area contributed by atoms with E-state index in [-0.39, 0.29) is 37.5 Å². The molecule has 0 saturated heterocycles. The number of allylic oxidation sites excluding steroid dienone is 10. The van der Waals surface area contributed by atoms with Crippen LogP contribution in [0, 0.1) is 0 Å². The van der Waals surface area contributed by atoms with E-state index in [2.05, 4.69) is 75.5 Å². The fourth-order valence-corrected chi connectivity index (χ4v) is 8.04. The first-order chi connectivity index (χ1) is 32.5. The minimum absolute atomic E-state index is 0.0946. The molecule has 0 aliphatic rings. The molecule has 6 heteroatoms. The molecule has 0 bridgehead atoms. The monoisotopic (exact) mass is 923 g/mol. The second-order valence-corrected chi connectivity index (χ2v) is 18.8. The summed E-state index contributed by atoms with van der Waals surface area (Å²) in [5.41, 5.74) is 0. The van der Waals surface area contributed by atoms with Crippen LogP contribution in [0.4, 0.5) is 0 Å². The van der Waals surface area contributed by atoms with Gasteiger partial charge in [-0.2, -0.15) is 0 Å². The maximum atomic E-state index is 12.8. The number of hydrogen-bond acceptors (Lipinski definition) is 6. The van der Waals surface area contributed by atoms with E-state index in [1.54, 1.807) is 0 Å². The van der Waals surface area contributed by atoms with Gasteiger partial charge < -0.3 is 14.2 Å². The molecule has 0 fully saturated rings. The minimum Gasteiger partial charge on any atom is -0.462 e. The molecule has 0 aromatic heterocycles. The van der Waals surface area contributed by atoms with Crippen molar-refractivity contribution in [3.63, 3.8) is 0 Å². The van der Waals surface area contributed by atoms with Crippen molar-refractivity contribution in [1.29, 1.82) is 0 Å². The smallest absolute Gasteiger partial charge is 0.306 e. The normalized spacial score (nSPS) is 12.5. The molecule has 382 valence electrons. The van der Waals surface area contributed by atoms with Gasteiger partial charge >= 0.3 is 17.9 Å². The molecule has 0 spiro atoms. The van der Waals surface area contributed by atoms with Crippen LogP contribution in [0.2, 0.25) is 0 Å². The maximum absolute atomic E-state index is 12.8. The molecule has 1 atom stereocenters. The Morgan fingerprint density at radius 1 is 0.318 bits per heavy atom. The van der Waals surface area contributed by atoms with Gasteiger partial charge in [0.1, 0.15) is 13.2 Å². The van der Waals surface area contributed by atoms with Crippen LogP contribution in [-0.2, 0) is 28.6 Å². The van der Waals surface area contributed by atoms with Crippen LogP contribution in [0.1, 0.15) is 284 Å². The van der Waals surface area contributed by atoms with Gasteiger partial charge in [-0.3, -0.25) is 14.4 Å². The molecule has 0 radical (unpaired) electrons. The predicted octanol–water partition coefficient (Wildman–Crippen LogP) is 18.8. The second-order valence-electron chi connectivity index (χ2n) is 18.8. The highest BCUT2D eigenvalue weighted by Gasteiger charge is 2.19. The third kappa shape index (κ3) is 52.1. The topological polar surface area (TPSA) is 78.9 Å². The van der Waals surface area contributed by atoms with Crippen LogP contribution >= 0.6 is 0 Å². The SMILES string of the molecule is CC/C=C\C/C=C\C/C=C\C/C=C\CCC(=O)OCC(COC(=O)CCCCCCCCCCC/C=C\CCCCCCCC)OC(=O)CCCCCCCCCCCCCCCCCC. The summed E-state index contributed by atoms with van der Waals surface area (Å²) >= 11 is 0. The number of unbranched alkanes of at least 4 members (excludes halogenated alkanes) is 30. The number of carbonyl (C=O) groups excluding carboxylic acids is 3. The lowest BCUT2D eigenvalue weighted by molar-refractivity contribution is -0.166. The molecular weight excluding hydrogens is 817 g/mol. The summed E-state index contributed by atoms with van der Waals surface area (Å²) in [6.45, 7) is 6.48. The molecule has 66 heavy (non-hydrogen) atoms. The van der Waals surface area contributed by atoms with Crippen LogP contribution in [0.3, 0.4) is 0 Å². The van der Waals surface area contributed by atoms with E-state index < -0.39 is 6.10 Å². The molecule has 0 aliphatic heterocycles. The van der Waals surface area contributed by atoms with Gasteiger partial charge in [0.05, 0.1) is 0 Å². The van der Waals surface area contributed by atoms with Crippen molar-refractivity contribution >= 4 is 17.9 Å². The van der Waals surface area contributed by atoms with E-state index in [1.165, 1.54) is 173 Å². The third-order valence-corrected chi connectivity index (χ3v) is 12.3. The number of hydrogen-bond donors (Lipinski definition) is 0. The molecule has 1 unspecified atom stereocenters. The Hall–Kier alpha value is -2.89. The average Bonchev–Trinajstić information content (AvgIpc) is 3.31. The van der Waals surface area contributed by atoms with E-state index in [9.17, 15) is 14.4 Å². The van der Waals surface area contributed by atoms with E-state index in [4.69, 9.17) is 14.2 Å². The summed E-state index contributed by atoms with van der Waals surface area (Å²) in [7, 11) is 0. The van der Waals surface area contributed by atoms with Crippen molar-refractivity contribution in [3.8, 4) is 0 Å². The van der Waals surface area contributed by atoms with Crippen LogP contribution < -0.4 is 0 Å². The Morgan fingerprint density at radius 3 is 1.02 bits per heavy atom. The second kappa shape index (κ2) is 54.7. The molecule has 0 aliphatic carbocycles. The van der Waals surface area contributed by atoms with E-state index in [1.807, 2.05) is 6.08 Å². The maximum Gasteiger partial charge on any atom is 0.306 e. The molecule has 0 saturated carbocycles. The highest BCUT2D eigenvalue weighted by molar-refractivity contribution is 5.71. The lowest BCUT2D eigenvalue weighted by Crippen LogP contribution is -2.30. The van der Waals surface area contributed by atoms with Gasteiger partial charge in [0.2, 0.25) is 0 Å². The number of rotatable bonds is 51. The Balaban J connectivity index is 4.39. The highest BCUT2D eigenvalue weighted by Crippen LogP contribution is 2.16. The Labute approximate surface area is 409 Å². The number of ether oxygens (including phenoxy) is 3. The summed E-state index contributed by atoms with van der Waals surface area (Å²) in [4.78, 5) is 38.1. The van der Waals surface area contributed by atoms with E-state index >= 15 is 0 Å². The first-order valence-corrected chi connectivity index (χ1v) is 28.3. The van der Waals surface area contributed by atoms with Gasteiger partial charge in [0, 0.05) is 19.3 Å². The molecule has 0 aromatic rings. The zero-order chi connectivity index (χ0) is 47.9. The molecule has 0 N–H and O–H groups in total. The molecular formula is C60H106O6. The standard InChI is InChI=1S/C60H106O6/c1-4-7-10-13-16-19-22-25-27-29-30-31-33-35-38-41-44-47-50-53-59(62)65-56-57(55-64-58(61)52-49-46-43-40-37-34-24-21-18-15-12-9-6-3)66-60(63)54-51-48-45-42-39-36-32-28-26-23-20-17-14-11-8-5-2/h9,12,18,21,25,27,34,37,43,46,57H,4-8,10-11,13-17,19-20,22-24,26,28-33,35-36,38-42,44-45,47-56H2,1-3H3/b12-9-,21-18-,27-25-,37-34-,46-43-. The molecule has 0 amide bonds. The van der Waals surface area contributed by atoms with Crippen LogP contribution in [0.5, 0.6) is 0 Å². The van der Waals surface area contributed by atoms with Gasteiger partial charge in [-0.15, -0.1) is 0 Å². The van der Waals surface area contributed by atoms with Crippen molar-refractivity contribution in [1.82, 2.24) is 0 Å². The third-order valence-electron chi connectivity index (χ3n) is 12.3. The zero-order valence-electron chi connectivity index (χ0n) is 43.7. The summed E-state index contributed by atoms with van der Waals surface area (Å²) in [5, 5.41) is 0. The summed E-state index contributed by atoms with van der Waals surface area (Å²) in [5.74, 6) is -0.970. The van der Waals surface area contributed by atoms with E-state index in [0.29, 0.717) is 19.3 Å². The molecule has 0 aromatic carbocycles. The Morgan fingerprint density at radius 2 is 0.621 bits per heavy atom. The van der Waals surface area contributed by atoms with Crippen molar-refractivity contribution in [3.05, 3.63) is 60.8 Å². The average molecular weight is 924 g/mol. The van der Waals surface area contributed by atoms with Crippen LogP contribution in [-0.4, -0.2) is 37.2 Å². The van der Waals surface area contributed by atoms with Gasteiger partial charge in [-0.05, 0) is 70.6 Å². The van der Waals surface area contributed by atoms with Crippen molar-refractivity contribution in [2.24, 2.45) is 0 Å². The van der Waals surface area contributed by atoms with E-state index in [0.717, 1.165) is 64.2 Å². The predicted molar refractivity (Wildman–Crippen MR) is 284 cm³/mol. The van der Waals surface area contributed by atoms with Gasteiger partial charge in [0.15, 0.2) is 6.10 Å². The molecule has 6 nitrogen and oxygen atoms in total. The quantitative estimate of drug-likeness (QED) is 0.0262. The van der Waals surface area contributed by atoms with Gasteiger partial charge in [-0.25, -0.2) is 0 Å². The van der Waals surface area contributed by atoms with Gasteiger partial charge in [-0.1, -0.05) is 255 Å². The fraction of sp³-hybridized carbons (Fsp3) is 0.783. The largest absolute Gasteiger partial charge is 0.462 e. The Bertz CT molecular complexity index is 1200. The van der Waals surface area contributed by atoms with Crippen molar-refractivity contribution < 1.29 is 28.6 Å². The highest BCUT2D eigenvalue weighted by atomic mass is 16.6. The number of carbonyl (C=O) groups is 3. The first-order valence-electron chi connectivity index (χ1n) is 28.3. The minimum atomic E-state index is -0.801. The van der Waals surface area contributed by atoms with Gasteiger partial charge in [0.25, 0.3) is 0 Å². The fourth-order valence-electron chi connectivity index (χ4n) is 8.04. The zero-order valence-corrected chi connectivity index (χ0v) is 43.7. The Kier molecular flexibility index (Phi) is 52.3. The number of esters is 3. The summed E-state index contributed by atoms with van der Waals surface area (Å²) in [6.07, 6.45) is 68.0. The van der Waals surface area contributed by atoms with Crippen molar-refractivity contribution in [2.45, 2.75) is 290 Å². The molecule has 0 rings (SSSR count). The van der Waals surface area contributed by atoms with Crippen molar-refractivity contribution in [2.75, 3.05) is 13.2 Å². The lowest BCUT2D eigenvalue weighted by atomic mass is 10.0. The first kappa shape index (κ1) is 63.1. The van der Waals surface area contributed by atoms with Crippen LogP contribution in [0.15, 0.2) is 60.8 Å².